The van der Waals surface area contributed by atoms with E-state index in [4.69, 9.17) is 14.2 Å². The van der Waals surface area contributed by atoms with E-state index in [0.717, 1.165) is 77.0 Å². The first-order chi connectivity index (χ1) is 38.5. The molecule has 0 rings (SSSR count). The molecule has 0 aliphatic carbocycles. The van der Waals surface area contributed by atoms with Gasteiger partial charge >= 0.3 is 17.9 Å². The molecular weight excluding hydrogens is 961 g/mol. The van der Waals surface area contributed by atoms with Gasteiger partial charge in [0.2, 0.25) is 0 Å². The van der Waals surface area contributed by atoms with Crippen molar-refractivity contribution in [3.05, 3.63) is 48.6 Å². The van der Waals surface area contributed by atoms with Crippen LogP contribution < -0.4 is 0 Å². The molecule has 0 radical (unpaired) electrons. The summed E-state index contributed by atoms with van der Waals surface area (Å²) >= 11 is 0. The van der Waals surface area contributed by atoms with E-state index in [1.807, 2.05) is 0 Å². The minimum absolute atomic E-state index is 0.0709. The third-order valence-corrected chi connectivity index (χ3v) is 15.6. The summed E-state index contributed by atoms with van der Waals surface area (Å²) in [5, 5.41) is 0. The molecule has 78 heavy (non-hydrogen) atoms. The van der Waals surface area contributed by atoms with E-state index in [9.17, 15) is 14.4 Å². The molecule has 0 aromatic heterocycles. The smallest absolute Gasteiger partial charge is 0.306 e. The Bertz CT molecular complexity index is 1350. The third kappa shape index (κ3) is 64.2. The zero-order valence-corrected chi connectivity index (χ0v) is 52.5. The molecule has 0 fully saturated rings. The SMILES string of the molecule is CCCCCCC/C=C\C/C=C\C/C=C\CCCCCCCCCCCCCCCCCCCCC(=O)OCC(COC(=O)CCCCCCCCCCCCC)OC(=O)CCCCCCC/C=C\CCCCCCCCC. The monoisotopic (exact) mass is 1090 g/mol. The van der Waals surface area contributed by atoms with E-state index in [2.05, 4.69) is 69.4 Å². The number of unbranched alkanes of at least 4 members (excludes halogenated alkanes) is 45. The van der Waals surface area contributed by atoms with Gasteiger partial charge in [-0.25, -0.2) is 0 Å². The second kappa shape index (κ2) is 66.9. The number of rotatable bonds is 64. The molecular formula is C72H132O6. The molecule has 1 atom stereocenters. The molecule has 0 aliphatic rings. The Morgan fingerprint density at radius 3 is 0.731 bits per heavy atom. The van der Waals surface area contributed by atoms with E-state index in [-0.39, 0.29) is 31.1 Å². The van der Waals surface area contributed by atoms with Crippen molar-refractivity contribution in [1.82, 2.24) is 0 Å². The molecule has 0 bridgehead atoms. The lowest BCUT2D eigenvalue weighted by Crippen LogP contribution is -2.30. The van der Waals surface area contributed by atoms with Gasteiger partial charge in [-0.1, -0.05) is 320 Å². The lowest BCUT2D eigenvalue weighted by Gasteiger charge is -2.18. The average molecular weight is 1090 g/mol. The molecule has 6 heteroatoms. The van der Waals surface area contributed by atoms with Crippen molar-refractivity contribution in [3.63, 3.8) is 0 Å². The maximum absolute atomic E-state index is 12.9. The van der Waals surface area contributed by atoms with E-state index in [1.54, 1.807) is 0 Å². The van der Waals surface area contributed by atoms with E-state index in [0.29, 0.717) is 19.3 Å². The van der Waals surface area contributed by atoms with E-state index in [1.165, 1.54) is 257 Å². The molecule has 0 aromatic carbocycles. The van der Waals surface area contributed by atoms with Gasteiger partial charge in [0, 0.05) is 19.3 Å². The van der Waals surface area contributed by atoms with Crippen LogP contribution in [0.5, 0.6) is 0 Å². The number of esters is 3. The van der Waals surface area contributed by atoms with Crippen LogP contribution in [-0.2, 0) is 28.6 Å². The minimum atomic E-state index is -0.774. The minimum Gasteiger partial charge on any atom is -0.462 e. The average Bonchev–Trinajstić information content (AvgIpc) is 3.44. The van der Waals surface area contributed by atoms with Crippen LogP contribution in [0.4, 0.5) is 0 Å². The zero-order chi connectivity index (χ0) is 56.4. The molecule has 0 saturated carbocycles. The molecule has 0 N–H and O–H groups in total. The maximum atomic E-state index is 12.9. The van der Waals surface area contributed by atoms with Crippen LogP contribution >= 0.6 is 0 Å². The summed E-state index contributed by atoms with van der Waals surface area (Å²) in [6, 6.07) is 0. The van der Waals surface area contributed by atoms with Gasteiger partial charge in [0.25, 0.3) is 0 Å². The second-order valence-electron chi connectivity index (χ2n) is 23.4. The third-order valence-electron chi connectivity index (χ3n) is 15.6. The van der Waals surface area contributed by atoms with Crippen molar-refractivity contribution < 1.29 is 28.6 Å². The van der Waals surface area contributed by atoms with Crippen molar-refractivity contribution in [2.75, 3.05) is 13.2 Å². The number of carbonyl (C=O) groups excluding carboxylic acids is 3. The van der Waals surface area contributed by atoms with E-state index >= 15 is 0 Å². The van der Waals surface area contributed by atoms with Crippen molar-refractivity contribution in [3.8, 4) is 0 Å². The van der Waals surface area contributed by atoms with Crippen LogP contribution in [0.15, 0.2) is 48.6 Å². The zero-order valence-electron chi connectivity index (χ0n) is 52.5. The Labute approximate surface area is 486 Å². The van der Waals surface area contributed by atoms with Gasteiger partial charge in [0.1, 0.15) is 13.2 Å². The van der Waals surface area contributed by atoms with Crippen molar-refractivity contribution >= 4 is 17.9 Å². The number of hydrogen-bond acceptors (Lipinski definition) is 6. The van der Waals surface area contributed by atoms with Crippen LogP contribution in [-0.4, -0.2) is 37.2 Å². The molecule has 1 unspecified atom stereocenters. The highest BCUT2D eigenvalue weighted by Crippen LogP contribution is 2.18. The van der Waals surface area contributed by atoms with Gasteiger partial charge in [-0.15, -0.1) is 0 Å². The first-order valence-corrected chi connectivity index (χ1v) is 34.6. The Kier molecular flexibility index (Phi) is 64.6. The first-order valence-electron chi connectivity index (χ1n) is 34.6. The lowest BCUT2D eigenvalue weighted by atomic mass is 10.0. The van der Waals surface area contributed by atoms with Gasteiger partial charge in [-0.2, -0.15) is 0 Å². The van der Waals surface area contributed by atoms with Crippen LogP contribution in [0.25, 0.3) is 0 Å². The maximum Gasteiger partial charge on any atom is 0.306 e. The summed E-state index contributed by atoms with van der Waals surface area (Å²) < 4.78 is 16.9. The molecule has 0 heterocycles. The molecule has 0 aliphatic heterocycles. The first kappa shape index (κ1) is 75.4. The highest BCUT2D eigenvalue weighted by atomic mass is 16.6. The van der Waals surface area contributed by atoms with E-state index < -0.39 is 6.10 Å². The summed E-state index contributed by atoms with van der Waals surface area (Å²) in [6.07, 6.45) is 84.3. The number of carbonyl (C=O) groups is 3. The second-order valence-corrected chi connectivity index (χ2v) is 23.4. The van der Waals surface area contributed by atoms with Gasteiger partial charge in [-0.3, -0.25) is 14.4 Å². The van der Waals surface area contributed by atoms with Crippen molar-refractivity contribution in [2.24, 2.45) is 0 Å². The summed E-state index contributed by atoms with van der Waals surface area (Å²) in [4.78, 5) is 38.3. The molecule has 0 aromatic rings. The standard InChI is InChI=1S/C72H132O6/c1-4-7-10-13-16-19-22-24-26-28-29-30-31-32-33-34-35-36-37-38-39-40-41-42-43-44-46-47-50-53-56-59-62-65-71(74)77-68-69(67-76-70(73)64-61-58-55-52-49-21-18-15-12-9-6-3)78-72(75)66-63-60-57-54-51-48-45-27-25-23-20-17-14-11-8-5-2/h22,24,27-29,31-32,45,69H,4-21,23,25-26,30,33-44,46-68H2,1-3H3/b24-22-,29-28-,32-31-,45-27-. The molecule has 456 valence electrons. The normalized spacial score (nSPS) is 12.3. The Morgan fingerprint density at radius 2 is 0.462 bits per heavy atom. The van der Waals surface area contributed by atoms with Crippen LogP contribution in [0.1, 0.15) is 374 Å². The number of hydrogen-bond donors (Lipinski definition) is 0. The Balaban J connectivity index is 4.09. The number of allylic oxidation sites excluding steroid dienone is 8. The van der Waals surface area contributed by atoms with Gasteiger partial charge in [0.15, 0.2) is 6.10 Å². The largest absolute Gasteiger partial charge is 0.462 e. The van der Waals surface area contributed by atoms with Crippen molar-refractivity contribution in [1.29, 1.82) is 0 Å². The van der Waals surface area contributed by atoms with Crippen molar-refractivity contribution in [2.45, 2.75) is 380 Å². The number of ether oxygens (including phenoxy) is 3. The summed E-state index contributed by atoms with van der Waals surface area (Å²) in [5.74, 6) is -0.857. The fourth-order valence-corrected chi connectivity index (χ4v) is 10.3. The predicted octanol–water partition coefficient (Wildman–Crippen LogP) is 23.7. The quantitative estimate of drug-likeness (QED) is 0.0261. The van der Waals surface area contributed by atoms with Crippen LogP contribution in [0.3, 0.4) is 0 Å². The summed E-state index contributed by atoms with van der Waals surface area (Å²) in [5.41, 5.74) is 0. The molecule has 0 saturated heterocycles. The highest BCUT2D eigenvalue weighted by Gasteiger charge is 2.19. The fraction of sp³-hybridized carbons (Fsp3) is 0.847. The van der Waals surface area contributed by atoms with Gasteiger partial charge in [0.05, 0.1) is 0 Å². The molecule has 6 nitrogen and oxygen atoms in total. The fourth-order valence-electron chi connectivity index (χ4n) is 10.3. The topological polar surface area (TPSA) is 78.9 Å². The predicted molar refractivity (Wildman–Crippen MR) is 339 cm³/mol. The van der Waals surface area contributed by atoms with Crippen LogP contribution in [0.2, 0.25) is 0 Å². The summed E-state index contributed by atoms with van der Waals surface area (Å²) in [6.45, 7) is 6.66. The molecule has 0 amide bonds. The van der Waals surface area contributed by atoms with Gasteiger partial charge < -0.3 is 14.2 Å². The summed E-state index contributed by atoms with van der Waals surface area (Å²) in [7, 11) is 0. The van der Waals surface area contributed by atoms with Crippen LogP contribution in [0, 0.1) is 0 Å². The Hall–Kier alpha value is -2.63. The Morgan fingerprint density at radius 1 is 0.256 bits per heavy atom. The molecule has 0 spiro atoms. The lowest BCUT2D eigenvalue weighted by molar-refractivity contribution is -0.167. The van der Waals surface area contributed by atoms with Gasteiger partial charge in [-0.05, 0) is 83.5 Å². The highest BCUT2D eigenvalue weighted by molar-refractivity contribution is 5.71.